The Hall–Kier alpha value is -3.57. The average Bonchev–Trinajstić information content (AvgIpc) is 2.94. The zero-order chi connectivity index (χ0) is 27.3. The van der Waals surface area contributed by atoms with Crippen molar-refractivity contribution in [2.45, 2.75) is 23.7 Å². The lowest BCUT2D eigenvalue weighted by Crippen LogP contribution is -2.37. The molecule has 3 aromatic heterocycles. The summed E-state index contributed by atoms with van der Waals surface area (Å²) < 4.78 is 24.0. The van der Waals surface area contributed by atoms with Gasteiger partial charge in [-0.15, -0.1) is 0 Å². The van der Waals surface area contributed by atoms with E-state index in [1.54, 1.807) is 49.4 Å². The van der Waals surface area contributed by atoms with E-state index < -0.39 is 9.84 Å². The Morgan fingerprint density at radius 3 is 2.63 bits per heavy atom. The van der Waals surface area contributed by atoms with Gasteiger partial charge in [-0.2, -0.15) is 11.8 Å². The molecule has 4 rings (SSSR count). The van der Waals surface area contributed by atoms with E-state index in [4.69, 9.17) is 4.98 Å². The summed E-state index contributed by atoms with van der Waals surface area (Å²) >= 11 is 1.75. The third-order valence-electron chi connectivity index (χ3n) is 6.62. The lowest BCUT2D eigenvalue weighted by atomic mass is 9.78. The van der Waals surface area contributed by atoms with E-state index in [0.717, 1.165) is 34.9 Å². The first-order valence-electron chi connectivity index (χ1n) is 12.0. The number of carbonyl (C=O) groups excluding carboxylic acids is 1. The SMILES string of the molecule is CCC(CNc1cc(-c2cncc(S(C)(=O)=O)c2)ncn1)(CSC)c1cccc2c(C(=O)NC)ccnc12. The largest absolute Gasteiger partial charge is 0.369 e. The Morgan fingerprint density at radius 2 is 1.92 bits per heavy atom. The van der Waals surface area contributed by atoms with Crippen LogP contribution in [0.25, 0.3) is 22.2 Å². The van der Waals surface area contributed by atoms with Gasteiger partial charge in [-0.25, -0.2) is 18.4 Å². The molecule has 1 amide bonds. The summed E-state index contributed by atoms with van der Waals surface area (Å²) in [7, 11) is -1.78. The van der Waals surface area contributed by atoms with Crippen molar-refractivity contribution in [2.75, 3.05) is 37.2 Å². The Morgan fingerprint density at radius 1 is 1.11 bits per heavy atom. The first-order chi connectivity index (χ1) is 18.2. The van der Waals surface area contributed by atoms with Crippen LogP contribution in [0.3, 0.4) is 0 Å². The van der Waals surface area contributed by atoms with Crippen LogP contribution in [-0.2, 0) is 15.3 Å². The van der Waals surface area contributed by atoms with Gasteiger partial charge in [0.1, 0.15) is 12.1 Å². The minimum Gasteiger partial charge on any atom is -0.369 e. The van der Waals surface area contributed by atoms with E-state index in [1.807, 2.05) is 12.1 Å². The van der Waals surface area contributed by atoms with Crippen LogP contribution in [0.15, 0.2) is 66.2 Å². The average molecular weight is 551 g/mol. The fraction of sp³-hybridized carbons (Fsp3) is 0.296. The Labute approximate surface area is 226 Å². The number of hydrogen-bond acceptors (Lipinski definition) is 9. The molecular formula is C27H30N6O3S2. The number of benzene rings is 1. The molecule has 9 nitrogen and oxygen atoms in total. The maximum Gasteiger partial charge on any atom is 0.251 e. The lowest BCUT2D eigenvalue weighted by molar-refractivity contribution is 0.0964. The van der Waals surface area contributed by atoms with Crippen LogP contribution in [0.5, 0.6) is 0 Å². The molecule has 0 aliphatic carbocycles. The van der Waals surface area contributed by atoms with Crippen molar-refractivity contribution in [3.05, 3.63) is 72.4 Å². The topological polar surface area (TPSA) is 127 Å². The second kappa shape index (κ2) is 11.4. The van der Waals surface area contributed by atoms with Gasteiger partial charge in [0.25, 0.3) is 5.91 Å². The van der Waals surface area contributed by atoms with Crippen LogP contribution in [-0.4, -0.2) is 66.1 Å². The number of anilines is 1. The molecule has 11 heteroatoms. The highest BCUT2D eigenvalue weighted by atomic mass is 32.2. The maximum absolute atomic E-state index is 12.5. The summed E-state index contributed by atoms with van der Waals surface area (Å²) in [5.74, 6) is 1.28. The molecule has 4 aromatic rings. The number of rotatable bonds is 10. The monoisotopic (exact) mass is 550 g/mol. The van der Waals surface area contributed by atoms with Crippen LogP contribution in [0, 0.1) is 0 Å². The summed E-state index contributed by atoms with van der Waals surface area (Å²) in [6.07, 6.45) is 10.1. The Kier molecular flexibility index (Phi) is 8.27. The molecule has 2 N–H and O–H groups in total. The number of nitrogens with one attached hydrogen (secondary N) is 2. The number of aromatic nitrogens is 4. The van der Waals surface area contributed by atoms with E-state index in [0.29, 0.717) is 29.2 Å². The van der Waals surface area contributed by atoms with Crippen LogP contribution in [0.2, 0.25) is 0 Å². The molecule has 38 heavy (non-hydrogen) atoms. The predicted octanol–water partition coefficient (Wildman–Crippen LogP) is 3.97. The van der Waals surface area contributed by atoms with Gasteiger partial charge in [0.05, 0.1) is 21.7 Å². The highest BCUT2D eigenvalue weighted by molar-refractivity contribution is 7.98. The normalized spacial score (nSPS) is 13.2. The quantitative estimate of drug-likeness (QED) is 0.301. The zero-order valence-corrected chi connectivity index (χ0v) is 23.4. The van der Waals surface area contributed by atoms with Crippen molar-refractivity contribution >= 4 is 44.2 Å². The molecule has 1 unspecified atom stereocenters. The minimum atomic E-state index is -3.40. The number of amides is 1. The fourth-order valence-electron chi connectivity index (χ4n) is 4.49. The van der Waals surface area contributed by atoms with Gasteiger partial charge in [0.15, 0.2) is 9.84 Å². The molecule has 198 valence electrons. The molecular weight excluding hydrogens is 520 g/mol. The van der Waals surface area contributed by atoms with Crippen molar-refractivity contribution in [3.63, 3.8) is 0 Å². The minimum absolute atomic E-state index is 0.132. The van der Waals surface area contributed by atoms with Crippen molar-refractivity contribution in [1.29, 1.82) is 0 Å². The van der Waals surface area contributed by atoms with Gasteiger partial charge in [-0.1, -0.05) is 25.1 Å². The number of pyridine rings is 2. The van der Waals surface area contributed by atoms with Gasteiger partial charge in [0.2, 0.25) is 0 Å². The van der Waals surface area contributed by atoms with Gasteiger partial charge in [-0.3, -0.25) is 14.8 Å². The molecule has 0 saturated heterocycles. The summed E-state index contributed by atoms with van der Waals surface area (Å²) in [6, 6.07) is 11.1. The number of thioether (sulfide) groups is 1. The van der Waals surface area contributed by atoms with Crippen LogP contribution < -0.4 is 10.6 Å². The third kappa shape index (κ3) is 5.63. The number of sulfone groups is 1. The first-order valence-corrected chi connectivity index (χ1v) is 15.3. The highest BCUT2D eigenvalue weighted by Crippen LogP contribution is 2.36. The van der Waals surface area contributed by atoms with Crippen molar-refractivity contribution in [1.82, 2.24) is 25.3 Å². The third-order valence-corrected chi connectivity index (χ3v) is 8.54. The molecule has 0 radical (unpaired) electrons. The van der Waals surface area contributed by atoms with Gasteiger partial charge in [0, 0.05) is 66.6 Å². The summed E-state index contributed by atoms with van der Waals surface area (Å²) in [6.45, 7) is 2.71. The maximum atomic E-state index is 12.5. The second-order valence-electron chi connectivity index (χ2n) is 9.03. The standard InChI is InChI=1S/C27H30N6O3S2/c1-5-27(16-37-3,22-8-6-7-20-21(26(34)28-2)9-10-30-25(20)22)15-31-24-12-23(32-17-33-24)18-11-19(14-29-13-18)38(4,35)36/h6-14,17H,5,15-16H2,1-4H3,(H,28,34)(H,31,32,33). The van der Waals surface area contributed by atoms with Crippen LogP contribution in [0.4, 0.5) is 5.82 Å². The molecule has 1 aromatic carbocycles. The number of carbonyl (C=O) groups is 1. The first kappa shape index (κ1) is 27.5. The number of hydrogen-bond donors (Lipinski definition) is 2. The second-order valence-corrected chi connectivity index (χ2v) is 11.9. The smallest absolute Gasteiger partial charge is 0.251 e. The zero-order valence-electron chi connectivity index (χ0n) is 21.7. The fourth-order valence-corrected chi connectivity index (χ4v) is 6.10. The molecule has 3 heterocycles. The molecule has 0 aliphatic rings. The van der Waals surface area contributed by atoms with Gasteiger partial charge >= 0.3 is 0 Å². The molecule has 0 aliphatic heterocycles. The van der Waals surface area contributed by atoms with E-state index >= 15 is 0 Å². The van der Waals surface area contributed by atoms with Gasteiger partial charge in [-0.05, 0) is 30.4 Å². The highest BCUT2D eigenvalue weighted by Gasteiger charge is 2.33. The van der Waals surface area contributed by atoms with Crippen LogP contribution >= 0.6 is 11.8 Å². The Balaban J connectivity index is 1.70. The van der Waals surface area contributed by atoms with Gasteiger partial charge < -0.3 is 10.6 Å². The predicted molar refractivity (Wildman–Crippen MR) is 152 cm³/mol. The molecule has 1 atom stereocenters. The number of nitrogens with zero attached hydrogens (tertiary/aromatic N) is 4. The van der Waals surface area contributed by atoms with E-state index in [2.05, 4.69) is 44.8 Å². The molecule has 0 fully saturated rings. The van der Waals surface area contributed by atoms with Crippen molar-refractivity contribution in [2.24, 2.45) is 0 Å². The van der Waals surface area contributed by atoms with Crippen molar-refractivity contribution < 1.29 is 13.2 Å². The number of fused-ring (bicyclic) bond motifs is 1. The van der Waals surface area contributed by atoms with E-state index in [9.17, 15) is 13.2 Å². The van der Waals surface area contributed by atoms with Crippen LogP contribution in [0.1, 0.15) is 29.3 Å². The molecule has 0 bridgehead atoms. The lowest BCUT2D eigenvalue weighted by Gasteiger charge is -2.34. The molecule has 0 spiro atoms. The molecule has 0 saturated carbocycles. The van der Waals surface area contributed by atoms with E-state index in [1.165, 1.54) is 12.5 Å². The number of para-hydroxylation sites is 1. The Bertz CT molecular complexity index is 1580. The summed E-state index contributed by atoms with van der Waals surface area (Å²) in [5, 5.41) is 7.00. The van der Waals surface area contributed by atoms with Crippen molar-refractivity contribution in [3.8, 4) is 11.3 Å². The van der Waals surface area contributed by atoms with E-state index in [-0.39, 0.29) is 16.2 Å². The summed E-state index contributed by atoms with van der Waals surface area (Å²) in [5.41, 5.74) is 3.30. The summed E-state index contributed by atoms with van der Waals surface area (Å²) in [4.78, 5) is 30.1.